The monoisotopic (exact) mass is 320 g/mol. The summed E-state index contributed by atoms with van der Waals surface area (Å²) < 4.78 is 0. The Bertz CT molecular complexity index is 817. The predicted molar refractivity (Wildman–Crippen MR) is 89.7 cm³/mol. The topological polar surface area (TPSA) is 65.3 Å². The summed E-state index contributed by atoms with van der Waals surface area (Å²) in [6.07, 6.45) is 0.906. The Hall–Kier alpha value is -3.02. The van der Waals surface area contributed by atoms with E-state index in [1.165, 1.54) is 9.91 Å². The molecular weight excluding hydrogens is 304 g/mol. The third-order valence-electron chi connectivity index (χ3n) is 4.41. The molecule has 2 aliphatic heterocycles. The zero-order valence-corrected chi connectivity index (χ0v) is 13.2. The Morgan fingerprint density at radius 3 is 2.29 bits per heavy atom. The smallest absolute Gasteiger partial charge is 0.263 e. The highest BCUT2D eigenvalue weighted by Crippen LogP contribution is 2.34. The normalized spacial score (nSPS) is 22.4. The van der Waals surface area contributed by atoms with Crippen molar-refractivity contribution >= 4 is 23.2 Å². The average molecular weight is 320 g/mol. The summed E-state index contributed by atoms with van der Waals surface area (Å²) in [5.41, 5.74) is 2.49. The molecule has 0 spiro atoms. The largest absolute Gasteiger partial charge is 0.271 e. The van der Waals surface area contributed by atoms with E-state index in [2.05, 4.69) is 17.3 Å². The highest BCUT2D eigenvalue weighted by molar-refractivity contribution is 6.26. The van der Waals surface area contributed by atoms with Crippen LogP contribution in [0.5, 0.6) is 0 Å². The minimum absolute atomic E-state index is 0.289. The second-order valence-corrected chi connectivity index (χ2v) is 5.81. The van der Waals surface area contributed by atoms with Gasteiger partial charge in [-0.15, -0.1) is 0 Å². The molecule has 2 aromatic rings. The Balaban J connectivity index is 1.67. The number of anilines is 2. The molecule has 0 N–H and O–H groups in total. The molecule has 0 bridgehead atoms. The maximum atomic E-state index is 12.9. The molecule has 1 fully saturated rings. The van der Waals surface area contributed by atoms with Crippen molar-refractivity contribution in [1.82, 2.24) is 0 Å². The van der Waals surface area contributed by atoms with Crippen LogP contribution >= 0.6 is 0 Å². The van der Waals surface area contributed by atoms with Crippen LogP contribution in [0.15, 0.2) is 64.9 Å². The molecule has 0 saturated carbocycles. The number of fused-ring (bicyclic) bond motifs is 1. The highest BCUT2D eigenvalue weighted by Gasteiger charge is 2.55. The first-order valence-electron chi connectivity index (χ1n) is 7.92. The number of carbonyl (C=O) groups is 2. The maximum Gasteiger partial charge on any atom is 0.263 e. The second kappa shape index (κ2) is 5.56. The Morgan fingerprint density at radius 1 is 0.917 bits per heavy atom. The third-order valence-corrected chi connectivity index (χ3v) is 4.41. The summed E-state index contributed by atoms with van der Waals surface area (Å²) in [4.78, 5) is 26.8. The molecule has 2 heterocycles. The Morgan fingerprint density at radius 2 is 1.62 bits per heavy atom. The number of rotatable bonds is 3. The van der Waals surface area contributed by atoms with Gasteiger partial charge in [-0.25, -0.2) is 9.91 Å². The van der Waals surface area contributed by atoms with Crippen LogP contribution < -0.4 is 9.91 Å². The van der Waals surface area contributed by atoms with Gasteiger partial charge in [0.05, 0.1) is 11.4 Å². The van der Waals surface area contributed by atoms with E-state index in [9.17, 15) is 9.59 Å². The molecule has 0 unspecified atom stereocenters. The molecule has 0 radical (unpaired) electrons. The average Bonchev–Trinajstić information content (AvgIpc) is 3.17. The van der Waals surface area contributed by atoms with Gasteiger partial charge in [-0.3, -0.25) is 9.59 Å². The minimum atomic E-state index is -0.774. The minimum Gasteiger partial charge on any atom is -0.271 e. The van der Waals surface area contributed by atoms with Gasteiger partial charge in [0.15, 0.2) is 12.1 Å². The standard InChI is InChI=1S/C18H16N4O2/c1-2-12-8-10-13(11-9-12)21-17(23)15-16(18(21)24)22(20-19-15)14-6-4-3-5-7-14/h3-11,15-16H,2H2,1H3/t15-,16-/m0/s1. The highest BCUT2D eigenvalue weighted by atomic mass is 16.2. The third kappa shape index (κ3) is 2.11. The Kier molecular flexibility index (Phi) is 3.37. The van der Waals surface area contributed by atoms with Crippen molar-refractivity contribution in [2.75, 3.05) is 9.91 Å². The van der Waals surface area contributed by atoms with Crippen molar-refractivity contribution in [3.05, 3.63) is 60.2 Å². The van der Waals surface area contributed by atoms with Crippen LogP contribution in [0.3, 0.4) is 0 Å². The van der Waals surface area contributed by atoms with E-state index in [-0.39, 0.29) is 11.8 Å². The molecule has 4 rings (SSSR count). The number of benzene rings is 2. The van der Waals surface area contributed by atoms with Crippen molar-refractivity contribution in [2.45, 2.75) is 25.4 Å². The van der Waals surface area contributed by atoms with E-state index in [0.717, 1.165) is 17.7 Å². The predicted octanol–water partition coefficient (Wildman–Crippen LogP) is 2.75. The molecule has 0 aromatic heterocycles. The number of carbonyl (C=O) groups excluding carboxylic acids is 2. The number of para-hydroxylation sites is 1. The van der Waals surface area contributed by atoms with Crippen LogP contribution in [0.2, 0.25) is 0 Å². The summed E-state index contributed by atoms with van der Waals surface area (Å²) in [5, 5.41) is 9.61. The van der Waals surface area contributed by atoms with E-state index in [1.54, 1.807) is 12.1 Å². The van der Waals surface area contributed by atoms with Gasteiger partial charge in [-0.05, 0) is 36.2 Å². The first-order chi connectivity index (χ1) is 11.7. The summed E-state index contributed by atoms with van der Waals surface area (Å²) in [7, 11) is 0. The van der Waals surface area contributed by atoms with Crippen LogP contribution in [-0.2, 0) is 16.0 Å². The van der Waals surface area contributed by atoms with E-state index < -0.39 is 12.1 Å². The quantitative estimate of drug-likeness (QED) is 0.817. The van der Waals surface area contributed by atoms with Gasteiger partial charge in [0.2, 0.25) is 0 Å². The van der Waals surface area contributed by atoms with Crippen LogP contribution in [0.4, 0.5) is 11.4 Å². The SMILES string of the molecule is CCc1ccc(N2C(=O)[C@H]3N=NN(c4ccccc4)[C@@H]3C2=O)cc1. The fourth-order valence-electron chi connectivity index (χ4n) is 3.09. The summed E-state index contributed by atoms with van der Waals surface area (Å²) >= 11 is 0. The molecule has 0 aliphatic carbocycles. The second-order valence-electron chi connectivity index (χ2n) is 5.81. The lowest BCUT2D eigenvalue weighted by atomic mass is 10.1. The van der Waals surface area contributed by atoms with Crippen LogP contribution in [0, 0.1) is 0 Å². The summed E-state index contributed by atoms with van der Waals surface area (Å²) in [6, 6.07) is 15.3. The fourth-order valence-corrected chi connectivity index (χ4v) is 3.09. The van der Waals surface area contributed by atoms with Gasteiger partial charge in [0.1, 0.15) is 0 Å². The van der Waals surface area contributed by atoms with Crippen molar-refractivity contribution in [1.29, 1.82) is 0 Å². The number of hydrogen-bond acceptors (Lipinski definition) is 5. The number of imide groups is 1. The molecule has 2 atom stereocenters. The first-order valence-corrected chi connectivity index (χ1v) is 7.92. The molecule has 2 aromatic carbocycles. The maximum absolute atomic E-state index is 12.9. The lowest BCUT2D eigenvalue weighted by molar-refractivity contribution is -0.121. The van der Waals surface area contributed by atoms with Crippen molar-refractivity contribution < 1.29 is 9.59 Å². The van der Waals surface area contributed by atoms with Crippen molar-refractivity contribution in [3.8, 4) is 0 Å². The van der Waals surface area contributed by atoms with E-state index >= 15 is 0 Å². The van der Waals surface area contributed by atoms with Crippen LogP contribution in [-0.4, -0.2) is 23.9 Å². The van der Waals surface area contributed by atoms with Gasteiger partial charge in [-0.1, -0.05) is 42.5 Å². The number of nitrogens with zero attached hydrogens (tertiary/aromatic N) is 4. The molecule has 2 amide bonds. The molecular formula is C18H16N4O2. The van der Waals surface area contributed by atoms with Gasteiger partial charge in [0, 0.05) is 0 Å². The van der Waals surface area contributed by atoms with E-state index in [0.29, 0.717) is 5.69 Å². The van der Waals surface area contributed by atoms with Crippen molar-refractivity contribution in [3.63, 3.8) is 0 Å². The number of amides is 2. The van der Waals surface area contributed by atoms with Gasteiger partial charge >= 0.3 is 0 Å². The molecule has 2 aliphatic rings. The summed E-state index contributed by atoms with van der Waals surface area (Å²) in [5.74, 6) is -0.612. The van der Waals surface area contributed by atoms with E-state index in [1.807, 2.05) is 42.5 Å². The zero-order chi connectivity index (χ0) is 16.7. The Labute approximate surface area is 139 Å². The van der Waals surface area contributed by atoms with Crippen LogP contribution in [0.1, 0.15) is 12.5 Å². The first kappa shape index (κ1) is 14.6. The molecule has 120 valence electrons. The van der Waals surface area contributed by atoms with Gasteiger partial charge in [0.25, 0.3) is 11.8 Å². The number of hydrogen-bond donors (Lipinski definition) is 0. The number of aryl methyl sites for hydroxylation is 1. The van der Waals surface area contributed by atoms with Gasteiger partial charge < -0.3 is 0 Å². The molecule has 24 heavy (non-hydrogen) atoms. The van der Waals surface area contributed by atoms with Gasteiger partial charge in [-0.2, -0.15) is 5.11 Å². The van der Waals surface area contributed by atoms with E-state index in [4.69, 9.17) is 0 Å². The molecule has 6 nitrogen and oxygen atoms in total. The molecule has 1 saturated heterocycles. The molecule has 6 heteroatoms. The lowest BCUT2D eigenvalue weighted by Gasteiger charge is -2.20. The lowest BCUT2D eigenvalue weighted by Crippen LogP contribution is -2.39. The zero-order valence-electron chi connectivity index (χ0n) is 13.2. The van der Waals surface area contributed by atoms with Crippen LogP contribution in [0.25, 0.3) is 0 Å². The van der Waals surface area contributed by atoms with Crippen molar-refractivity contribution in [2.24, 2.45) is 10.3 Å². The summed E-state index contributed by atoms with van der Waals surface area (Å²) in [6.45, 7) is 2.06. The fraction of sp³-hybridized carbons (Fsp3) is 0.222.